The Kier molecular flexibility index (Phi) is 8.71. The fourth-order valence-corrected chi connectivity index (χ4v) is 4.31. The van der Waals surface area contributed by atoms with Crippen LogP contribution in [0.3, 0.4) is 0 Å². The molecule has 2 heterocycles. The zero-order valence-corrected chi connectivity index (χ0v) is 18.7. The number of nitrogens with one attached hydrogen (secondary N) is 2. The molecule has 0 amide bonds. The fourth-order valence-electron chi connectivity index (χ4n) is 4.31. The minimum Gasteiger partial charge on any atom is -0.435 e. The predicted molar refractivity (Wildman–Crippen MR) is 119 cm³/mol. The standard InChI is InChI=1S/C22H35F2N5O2/c1-16(29-11-12-30-15-17(29)2)13-26-22(25-3)27-18-5-4-10-28(14-18)19-6-8-20(9-7-19)31-21(23)24/h6-9,16-18,21H,4-5,10-15H2,1-3H3,(H2,25,26,27). The number of halogens is 2. The van der Waals surface area contributed by atoms with Crippen molar-refractivity contribution < 1.29 is 18.3 Å². The predicted octanol–water partition coefficient (Wildman–Crippen LogP) is 2.53. The van der Waals surface area contributed by atoms with E-state index in [1.165, 1.54) is 0 Å². The second-order valence-corrected chi connectivity index (χ2v) is 8.27. The second kappa shape index (κ2) is 11.5. The van der Waals surface area contributed by atoms with Gasteiger partial charge in [-0.1, -0.05) is 0 Å². The molecule has 0 aromatic heterocycles. The van der Waals surface area contributed by atoms with Crippen LogP contribution in [0.5, 0.6) is 5.75 Å². The highest BCUT2D eigenvalue weighted by Crippen LogP contribution is 2.24. The molecule has 3 rings (SSSR count). The number of piperidine rings is 1. The Balaban J connectivity index is 1.49. The van der Waals surface area contributed by atoms with Crippen LogP contribution in [0, 0.1) is 0 Å². The van der Waals surface area contributed by atoms with Gasteiger partial charge in [-0.15, -0.1) is 0 Å². The first-order valence-electron chi connectivity index (χ1n) is 11.1. The maximum Gasteiger partial charge on any atom is 0.387 e. The smallest absolute Gasteiger partial charge is 0.387 e. The molecule has 0 radical (unpaired) electrons. The third kappa shape index (κ3) is 6.93. The highest BCUT2D eigenvalue weighted by atomic mass is 19.3. The van der Waals surface area contributed by atoms with Gasteiger partial charge in [0.15, 0.2) is 5.96 Å². The Morgan fingerprint density at radius 2 is 2.06 bits per heavy atom. The largest absolute Gasteiger partial charge is 0.435 e. The van der Waals surface area contributed by atoms with Gasteiger partial charge < -0.3 is 25.0 Å². The summed E-state index contributed by atoms with van der Waals surface area (Å²) in [4.78, 5) is 9.13. The monoisotopic (exact) mass is 439 g/mol. The van der Waals surface area contributed by atoms with E-state index in [0.717, 1.165) is 63.9 Å². The molecule has 1 aromatic carbocycles. The lowest BCUT2D eigenvalue weighted by Crippen LogP contribution is -2.55. The number of morpholine rings is 1. The Morgan fingerprint density at radius 3 is 2.74 bits per heavy atom. The molecule has 2 N–H and O–H groups in total. The van der Waals surface area contributed by atoms with E-state index in [0.29, 0.717) is 12.1 Å². The molecule has 174 valence electrons. The molecule has 31 heavy (non-hydrogen) atoms. The number of aliphatic imine (C=N–C) groups is 1. The van der Waals surface area contributed by atoms with Crippen molar-refractivity contribution in [2.75, 3.05) is 51.3 Å². The lowest BCUT2D eigenvalue weighted by Gasteiger charge is -2.38. The normalized spacial score (nSPS) is 24.2. The molecule has 7 nitrogen and oxygen atoms in total. The zero-order valence-electron chi connectivity index (χ0n) is 18.7. The van der Waals surface area contributed by atoms with Crippen LogP contribution in [0.25, 0.3) is 0 Å². The Labute approximate surface area is 183 Å². The number of guanidine groups is 1. The number of ether oxygens (including phenoxy) is 2. The van der Waals surface area contributed by atoms with Crippen molar-refractivity contribution in [2.24, 2.45) is 4.99 Å². The third-order valence-electron chi connectivity index (χ3n) is 5.96. The number of benzene rings is 1. The molecule has 3 unspecified atom stereocenters. The molecule has 0 bridgehead atoms. The summed E-state index contributed by atoms with van der Waals surface area (Å²) in [7, 11) is 1.79. The third-order valence-corrected chi connectivity index (χ3v) is 5.96. The average molecular weight is 440 g/mol. The van der Waals surface area contributed by atoms with Crippen LogP contribution < -0.4 is 20.3 Å². The second-order valence-electron chi connectivity index (χ2n) is 8.27. The van der Waals surface area contributed by atoms with Crippen LogP contribution in [0.4, 0.5) is 14.5 Å². The molecular weight excluding hydrogens is 404 g/mol. The summed E-state index contributed by atoms with van der Waals surface area (Å²) in [6.45, 7) is 6.72. The number of hydrogen-bond donors (Lipinski definition) is 2. The van der Waals surface area contributed by atoms with E-state index in [2.05, 4.69) is 44.0 Å². The van der Waals surface area contributed by atoms with Crippen molar-refractivity contribution >= 4 is 11.6 Å². The summed E-state index contributed by atoms with van der Waals surface area (Å²) in [5.41, 5.74) is 1.01. The molecule has 0 saturated carbocycles. The molecule has 1 aromatic rings. The van der Waals surface area contributed by atoms with E-state index >= 15 is 0 Å². The number of hydrogen-bond acceptors (Lipinski definition) is 5. The molecule has 9 heteroatoms. The quantitative estimate of drug-likeness (QED) is 0.503. The fraction of sp³-hybridized carbons (Fsp3) is 0.682. The van der Waals surface area contributed by atoms with Gasteiger partial charge in [-0.2, -0.15) is 8.78 Å². The molecule has 0 aliphatic carbocycles. The molecule has 2 saturated heterocycles. The molecule has 2 fully saturated rings. The van der Waals surface area contributed by atoms with Gasteiger partial charge in [0.05, 0.1) is 13.2 Å². The van der Waals surface area contributed by atoms with E-state index in [4.69, 9.17) is 4.74 Å². The van der Waals surface area contributed by atoms with E-state index < -0.39 is 6.61 Å². The SMILES string of the molecule is CN=C(NCC(C)N1CCOCC1C)NC1CCCN(c2ccc(OC(F)F)cc2)C1. The first-order valence-corrected chi connectivity index (χ1v) is 11.1. The highest BCUT2D eigenvalue weighted by Gasteiger charge is 2.25. The minimum absolute atomic E-state index is 0.179. The van der Waals surface area contributed by atoms with Gasteiger partial charge in [0.2, 0.25) is 0 Å². The highest BCUT2D eigenvalue weighted by molar-refractivity contribution is 5.80. The number of nitrogens with zero attached hydrogens (tertiary/aromatic N) is 3. The van der Waals surface area contributed by atoms with Crippen molar-refractivity contribution in [2.45, 2.75) is 51.4 Å². The molecule has 2 aliphatic heterocycles. The summed E-state index contributed by atoms with van der Waals surface area (Å²) < 4.78 is 34.7. The van der Waals surface area contributed by atoms with Gasteiger partial charge in [0, 0.05) is 57.0 Å². The maximum atomic E-state index is 12.4. The summed E-state index contributed by atoms with van der Waals surface area (Å²) in [5, 5.41) is 7.01. The van der Waals surface area contributed by atoms with E-state index in [1.807, 2.05) is 12.1 Å². The topological polar surface area (TPSA) is 61.4 Å². The first kappa shape index (κ1) is 23.5. The molecule has 3 atom stereocenters. The maximum absolute atomic E-state index is 12.4. The van der Waals surface area contributed by atoms with Gasteiger partial charge in [0.25, 0.3) is 0 Å². The number of rotatable bonds is 7. The van der Waals surface area contributed by atoms with Crippen molar-refractivity contribution in [3.63, 3.8) is 0 Å². The Bertz CT molecular complexity index is 704. The van der Waals surface area contributed by atoms with E-state index in [-0.39, 0.29) is 11.8 Å². The van der Waals surface area contributed by atoms with Crippen molar-refractivity contribution in [1.82, 2.24) is 15.5 Å². The van der Waals surface area contributed by atoms with Gasteiger partial charge in [-0.3, -0.25) is 9.89 Å². The van der Waals surface area contributed by atoms with Crippen molar-refractivity contribution in [3.05, 3.63) is 24.3 Å². The Morgan fingerprint density at radius 1 is 1.29 bits per heavy atom. The number of anilines is 1. The van der Waals surface area contributed by atoms with Crippen LogP contribution >= 0.6 is 0 Å². The zero-order chi connectivity index (χ0) is 22.2. The van der Waals surface area contributed by atoms with Gasteiger partial charge in [-0.25, -0.2) is 0 Å². The molecular formula is C22H35F2N5O2. The first-order chi connectivity index (χ1) is 15.0. The van der Waals surface area contributed by atoms with Crippen LogP contribution in [-0.2, 0) is 4.74 Å². The van der Waals surface area contributed by atoms with Crippen LogP contribution in [0.1, 0.15) is 26.7 Å². The molecule has 0 spiro atoms. The summed E-state index contributed by atoms with van der Waals surface area (Å²) in [6, 6.07) is 7.91. The number of alkyl halides is 2. The summed E-state index contributed by atoms with van der Waals surface area (Å²) in [6.07, 6.45) is 2.10. The lowest BCUT2D eigenvalue weighted by atomic mass is 10.0. The van der Waals surface area contributed by atoms with Gasteiger partial charge in [0.1, 0.15) is 5.75 Å². The van der Waals surface area contributed by atoms with E-state index in [1.54, 1.807) is 19.2 Å². The summed E-state index contributed by atoms with van der Waals surface area (Å²) >= 11 is 0. The van der Waals surface area contributed by atoms with Crippen molar-refractivity contribution in [1.29, 1.82) is 0 Å². The van der Waals surface area contributed by atoms with Crippen LogP contribution in [0.2, 0.25) is 0 Å². The minimum atomic E-state index is -2.80. The average Bonchev–Trinajstić information content (AvgIpc) is 2.77. The van der Waals surface area contributed by atoms with Crippen molar-refractivity contribution in [3.8, 4) is 5.75 Å². The molecule has 2 aliphatic rings. The Hall–Kier alpha value is -2.13. The van der Waals surface area contributed by atoms with E-state index in [9.17, 15) is 8.78 Å². The summed E-state index contributed by atoms with van der Waals surface area (Å²) in [5.74, 6) is 0.985. The van der Waals surface area contributed by atoms with Crippen LogP contribution in [0.15, 0.2) is 29.3 Å². The van der Waals surface area contributed by atoms with Gasteiger partial charge in [-0.05, 0) is 51.0 Å². The van der Waals surface area contributed by atoms with Gasteiger partial charge >= 0.3 is 6.61 Å². The van der Waals surface area contributed by atoms with Crippen LogP contribution in [-0.4, -0.2) is 82.0 Å². The lowest BCUT2D eigenvalue weighted by molar-refractivity contribution is -0.0498.